The largest absolute Gasteiger partial charge is 0.466 e. The van der Waals surface area contributed by atoms with Gasteiger partial charge in [0.2, 0.25) is 0 Å². The van der Waals surface area contributed by atoms with Crippen LogP contribution in [-0.2, 0) is 9.53 Å². The van der Waals surface area contributed by atoms with Gasteiger partial charge in [-0.25, -0.2) is 0 Å². The van der Waals surface area contributed by atoms with E-state index in [0.29, 0.717) is 18.6 Å². The molecule has 0 saturated carbocycles. The van der Waals surface area contributed by atoms with E-state index in [1.165, 1.54) is 39.3 Å². The van der Waals surface area contributed by atoms with E-state index in [-0.39, 0.29) is 5.97 Å². The molecule has 2 saturated heterocycles. The molecule has 0 aromatic carbocycles. The van der Waals surface area contributed by atoms with Crippen molar-refractivity contribution in [3.05, 3.63) is 0 Å². The van der Waals surface area contributed by atoms with Crippen LogP contribution in [-0.4, -0.2) is 36.6 Å². The molecule has 0 N–H and O–H groups in total. The van der Waals surface area contributed by atoms with Crippen molar-refractivity contribution in [2.24, 2.45) is 5.92 Å². The average Bonchev–Trinajstić information content (AvgIpc) is 2.60. The molecular weight excluding hydrogens is 166 g/mol. The van der Waals surface area contributed by atoms with Gasteiger partial charge in [-0.3, -0.25) is 9.69 Å². The molecule has 74 valence electrons. The van der Waals surface area contributed by atoms with Crippen LogP contribution in [0.2, 0.25) is 0 Å². The number of hydrogen-bond acceptors (Lipinski definition) is 3. The fraction of sp³-hybridized carbons (Fsp3) is 0.900. The monoisotopic (exact) mass is 183 g/mol. The van der Waals surface area contributed by atoms with E-state index in [4.69, 9.17) is 4.74 Å². The third-order valence-corrected chi connectivity index (χ3v) is 3.25. The van der Waals surface area contributed by atoms with Crippen LogP contribution >= 0.6 is 0 Å². The van der Waals surface area contributed by atoms with Crippen molar-refractivity contribution in [1.82, 2.24) is 4.90 Å². The molecule has 2 aliphatic heterocycles. The van der Waals surface area contributed by atoms with Crippen LogP contribution in [0.15, 0.2) is 0 Å². The molecule has 0 spiro atoms. The van der Waals surface area contributed by atoms with Crippen LogP contribution in [0.25, 0.3) is 0 Å². The van der Waals surface area contributed by atoms with Gasteiger partial charge >= 0.3 is 5.97 Å². The molecule has 0 radical (unpaired) electrons. The van der Waals surface area contributed by atoms with Crippen LogP contribution in [0, 0.1) is 5.92 Å². The predicted octanol–water partition coefficient (Wildman–Crippen LogP) is 1.03. The summed E-state index contributed by atoms with van der Waals surface area (Å²) in [4.78, 5) is 13.2. The Morgan fingerprint density at radius 1 is 1.46 bits per heavy atom. The number of fused-ring (bicyclic) bond motifs is 1. The Labute approximate surface area is 79.0 Å². The fourth-order valence-electron chi connectivity index (χ4n) is 2.61. The maximum Gasteiger partial charge on any atom is 0.302 e. The summed E-state index contributed by atoms with van der Waals surface area (Å²) >= 11 is 0. The van der Waals surface area contributed by atoms with Crippen LogP contribution in [0.4, 0.5) is 0 Å². The van der Waals surface area contributed by atoms with Crippen molar-refractivity contribution in [1.29, 1.82) is 0 Å². The van der Waals surface area contributed by atoms with Crippen LogP contribution in [0.5, 0.6) is 0 Å². The molecule has 3 nitrogen and oxygen atoms in total. The Bertz CT molecular complexity index is 205. The van der Waals surface area contributed by atoms with Gasteiger partial charge in [0.1, 0.15) is 0 Å². The van der Waals surface area contributed by atoms with Crippen molar-refractivity contribution in [2.45, 2.75) is 32.2 Å². The van der Waals surface area contributed by atoms with E-state index in [1.807, 2.05) is 0 Å². The van der Waals surface area contributed by atoms with E-state index < -0.39 is 0 Å². The van der Waals surface area contributed by atoms with Crippen LogP contribution in [0.3, 0.4) is 0 Å². The molecule has 0 aliphatic carbocycles. The highest BCUT2D eigenvalue weighted by molar-refractivity contribution is 5.65. The molecule has 0 aromatic heterocycles. The number of carbonyl (C=O) groups excluding carboxylic acids is 1. The predicted molar refractivity (Wildman–Crippen MR) is 49.3 cm³/mol. The molecule has 0 aromatic rings. The smallest absolute Gasteiger partial charge is 0.302 e. The lowest BCUT2D eigenvalue weighted by Crippen LogP contribution is -2.28. The van der Waals surface area contributed by atoms with Gasteiger partial charge in [-0.05, 0) is 32.4 Å². The summed E-state index contributed by atoms with van der Waals surface area (Å²) in [6.07, 6.45) is 3.82. The third-order valence-electron chi connectivity index (χ3n) is 3.25. The first-order valence-corrected chi connectivity index (χ1v) is 5.15. The van der Waals surface area contributed by atoms with Gasteiger partial charge in [0.05, 0.1) is 6.61 Å². The summed E-state index contributed by atoms with van der Waals surface area (Å²) in [5.74, 6) is 0.461. The van der Waals surface area contributed by atoms with Crippen molar-refractivity contribution in [3.8, 4) is 0 Å². The van der Waals surface area contributed by atoms with Gasteiger partial charge in [-0.1, -0.05) is 0 Å². The summed E-state index contributed by atoms with van der Waals surface area (Å²) in [7, 11) is 0. The lowest BCUT2D eigenvalue weighted by atomic mass is 9.99. The Kier molecular flexibility index (Phi) is 2.54. The van der Waals surface area contributed by atoms with Crippen LogP contribution < -0.4 is 0 Å². The molecule has 13 heavy (non-hydrogen) atoms. The van der Waals surface area contributed by atoms with E-state index in [0.717, 1.165) is 0 Å². The van der Waals surface area contributed by atoms with Gasteiger partial charge < -0.3 is 4.74 Å². The zero-order valence-corrected chi connectivity index (χ0v) is 8.16. The molecule has 2 rings (SSSR count). The molecule has 2 aliphatic rings. The summed E-state index contributed by atoms with van der Waals surface area (Å²) in [6, 6.07) is 0.708. The molecule has 0 unspecified atom stereocenters. The van der Waals surface area contributed by atoms with Crippen molar-refractivity contribution >= 4 is 5.97 Å². The van der Waals surface area contributed by atoms with E-state index in [1.54, 1.807) is 0 Å². The lowest BCUT2D eigenvalue weighted by molar-refractivity contribution is -0.142. The summed E-state index contributed by atoms with van der Waals surface area (Å²) < 4.78 is 5.07. The maximum atomic E-state index is 10.7. The highest BCUT2D eigenvalue weighted by Gasteiger charge is 2.37. The van der Waals surface area contributed by atoms with Crippen molar-refractivity contribution in [2.75, 3.05) is 19.7 Å². The molecule has 3 heteroatoms. The molecular formula is C10H17NO2. The molecule has 2 heterocycles. The minimum atomic E-state index is -0.142. The highest BCUT2D eigenvalue weighted by Crippen LogP contribution is 2.32. The minimum absolute atomic E-state index is 0.142. The zero-order chi connectivity index (χ0) is 9.26. The van der Waals surface area contributed by atoms with E-state index in [2.05, 4.69) is 4.90 Å². The number of nitrogens with zero attached hydrogens (tertiary/aromatic N) is 1. The summed E-state index contributed by atoms with van der Waals surface area (Å²) in [6.45, 7) is 4.58. The average molecular weight is 183 g/mol. The topological polar surface area (TPSA) is 29.5 Å². The summed E-state index contributed by atoms with van der Waals surface area (Å²) in [5.41, 5.74) is 0. The number of rotatable bonds is 2. The van der Waals surface area contributed by atoms with Gasteiger partial charge in [0, 0.05) is 18.9 Å². The van der Waals surface area contributed by atoms with Gasteiger partial charge in [0.15, 0.2) is 0 Å². The molecule has 0 amide bonds. The SMILES string of the molecule is CC(=O)OC[C@H]1CCN2CCC[C@H]12. The van der Waals surface area contributed by atoms with Gasteiger partial charge in [-0.2, -0.15) is 0 Å². The Hall–Kier alpha value is -0.570. The Morgan fingerprint density at radius 2 is 2.31 bits per heavy atom. The minimum Gasteiger partial charge on any atom is -0.466 e. The first-order chi connectivity index (χ1) is 6.27. The zero-order valence-electron chi connectivity index (χ0n) is 8.16. The highest BCUT2D eigenvalue weighted by atomic mass is 16.5. The van der Waals surface area contributed by atoms with E-state index >= 15 is 0 Å². The first-order valence-electron chi connectivity index (χ1n) is 5.15. The third kappa shape index (κ3) is 1.85. The standard InChI is InChI=1S/C10H17NO2/c1-8(12)13-7-9-4-6-11-5-2-3-10(9)11/h9-10H,2-7H2,1H3/t9-,10-/m1/s1. The Balaban J connectivity index is 1.83. The molecule has 2 atom stereocenters. The quantitative estimate of drug-likeness (QED) is 0.599. The molecule has 2 fully saturated rings. The van der Waals surface area contributed by atoms with E-state index in [9.17, 15) is 4.79 Å². The number of carbonyl (C=O) groups is 1. The first kappa shape index (κ1) is 9.00. The van der Waals surface area contributed by atoms with Crippen molar-refractivity contribution in [3.63, 3.8) is 0 Å². The second-order valence-corrected chi connectivity index (χ2v) is 4.10. The summed E-state index contributed by atoms with van der Waals surface area (Å²) in [5, 5.41) is 0. The molecule has 0 bridgehead atoms. The van der Waals surface area contributed by atoms with Gasteiger partial charge in [0.25, 0.3) is 0 Å². The second-order valence-electron chi connectivity index (χ2n) is 4.10. The Morgan fingerprint density at radius 3 is 3.08 bits per heavy atom. The van der Waals surface area contributed by atoms with Crippen molar-refractivity contribution < 1.29 is 9.53 Å². The van der Waals surface area contributed by atoms with Crippen LogP contribution in [0.1, 0.15) is 26.2 Å². The lowest BCUT2D eigenvalue weighted by Gasteiger charge is -2.19. The number of esters is 1. The van der Waals surface area contributed by atoms with Gasteiger partial charge in [-0.15, -0.1) is 0 Å². The maximum absolute atomic E-state index is 10.7. The normalized spacial score (nSPS) is 33.3. The second kappa shape index (κ2) is 3.66. The number of ether oxygens (including phenoxy) is 1. The fourth-order valence-corrected chi connectivity index (χ4v) is 2.61. The number of hydrogen-bond donors (Lipinski definition) is 0.